The van der Waals surface area contributed by atoms with Crippen molar-refractivity contribution in [3.8, 4) is 0 Å². The molecule has 0 fully saturated rings. The minimum absolute atomic E-state index is 0.192. The van der Waals surface area contributed by atoms with Crippen LogP contribution in [-0.4, -0.2) is 16.9 Å². The Morgan fingerprint density at radius 2 is 1.13 bits per heavy atom. The minimum atomic E-state index is -0.749. The molecule has 0 saturated heterocycles. The zero-order chi connectivity index (χ0) is 12.3. The largest absolute Gasteiger partial charge is 0.228 e. The number of rotatable bonds is 3. The predicted molar refractivity (Wildman–Crippen MR) is 60.6 cm³/mol. The second kappa shape index (κ2) is 4.58. The van der Waals surface area contributed by atoms with Gasteiger partial charge in [0.05, 0.1) is 11.1 Å². The number of hydrogen-bond acceptors (Lipinski definition) is 4. The molecule has 0 rings (SSSR count). The molecule has 0 saturated carbocycles. The first kappa shape index (κ1) is 14.5. The predicted octanol–water partition coefficient (Wildman–Crippen LogP) is 3.72. The first-order chi connectivity index (χ1) is 6.41. The Hall–Kier alpha value is -0.480. The van der Waals surface area contributed by atoms with E-state index < -0.39 is 5.72 Å². The summed E-state index contributed by atoms with van der Waals surface area (Å²) in [7, 11) is 0. The van der Waals surface area contributed by atoms with E-state index in [0.29, 0.717) is 0 Å². The van der Waals surface area contributed by atoms with Gasteiger partial charge in [-0.3, -0.25) is 0 Å². The van der Waals surface area contributed by atoms with Crippen molar-refractivity contribution in [3.05, 3.63) is 0 Å². The van der Waals surface area contributed by atoms with Gasteiger partial charge in [-0.15, -0.1) is 0 Å². The SMILES string of the molecule is CC(C)(C)/N=N/C(C)(C)OOC(C)(C)C. The van der Waals surface area contributed by atoms with Gasteiger partial charge in [-0.05, 0) is 55.4 Å². The Balaban J connectivity index is 4.26. The summed E-state index contributed by atoms with van der Waals surface area (Å²) < 4.78 is 0. The average Bonchev–Trinajstić information content (AvgIpc) is 1.96. The molecule has 0 bridgehead atoms. The first-order valence-corrected chi connectivity index (χ1v) is 5.22. The Morgan fingerprint density at radius 1 is 0.667 bits per heavy atom. The summed E-state index contributed by atoms with van der Waals surface area (Å²) in [4.78, 5) is 10.4. The van der Waals surface area contributed by atoms with Crippen molar-refractivity contribution in [1.82, 2.24) is 0 Å². The van der Waals surface area contributed by atoms with Crippen molar-refractivity contribution in [2.24, 2.45) is 10.2 Å². The normalized spacial score (nSPS) is 14.9. The van der Waals surface area contributed by atoms with Crippen LogP contribution in [0.3, 0.4) is 0 Å². The Labute approximate surface area is 93.0 Å². The monoisotopic (exact) mass is 216 g/mol. The topological polar surface area (TPSA) is 43.2 Å². The van der Waals surface area contributed by atoms with Crippen LogP contribution in [0.1, 0.15) is 55.4 Å². The van der Waals surface area contributed by atoms with Crippen molar-refractivity contribution in [2.75, 3.05) is 0 Å². The molecule has 4 nitrogen and oxygen atoms in total. The van der Waals surface area contributed by atoms with Crippen LogP contribution in [0, 0.1) is 0 Å². The van der Waals surface area contributed by atoms with Crippen molar-refractivity contribution < 1.29 is 9.78 Å². The maximum absolute atomic E-state index is 5.23. The molecule has 0 amide bonds. The van der Waals surface area contributed by atoms with E-state index in [-0.39, 0.29) is 11.1 Å². The van der Waals surface area contributed by atoms with E-state index in [0.717, 1.165) is 0 Å². The molecule has 0 aromatic carbocycles. The lowest BCUT2D eigenvalue weighted by Gasteiger charge is -2.25. The number of nitrogens with zero attached hydrogens (tertiary/aromatic N) is 2. The van der Waals surface area contributed by atoms with Crippen molar-refractivity contribution in [2.45, 2.75) is 72.3 Å². The smallest absolute Gasteiger partial charge is 0.206 e. The molecule has 0 atom stereocenters. The molecule has 0 unspecified atom stereocenters. The van der Waals surface area contributed by atoms with Gasteiger partial charge in [-0.2, -0.15) is 10.2 Å². The lowest BCUT2D eigenvalue weighted by atomic mass is 10.1. The summed E-state index contributed by atoms with van der Waals surface area (Å²) in [6, 6.07) is 0. The summed E-state index contributed by atoms with van der Waals surface area (Å²) in [6.45, 7) is 15.3. The van der Waals surface area contributed by atoms with Crippen molar-refractivity contribution >= 4 is 0 Å². The van der Waals surface area contributed by atoms with Crippen LogP contribution in [0.4, 0.5) is 0 Å². The van der Waals surface area contributed by atoms with E-state index in [1.165, 1.54) is 0 Å². The van der Waals surface area contributed by atoms with E-state index in [1.54, 1.807) is 0 Å². The summed E-state index contributed by atoms with van der Waals surface area (Å²) in [5.41, 5.74) is -1.28. The zero-order valence-corrected chi connectivity index (χ0v) is 11.2. The molecule has 0 radical (unpaired) electrons. The van der Waals surface area contributed by atoms with Gasteiger partial charge in [0, 0.05) is 0 Å². The third-order valence-corrected chi connectivity index (χ3v) is 1.09. The number of hydrogen-bond donors (Lipinski definition) is 0. The van der Waals surface area contributed by atoms with E-state index in [1.807, 2.05) is 55.4 Å². The average molecular weight is 216 g/mol. The third kappa shape index (κ3) is 9.82. The van der Waals surface area contributed by atoms with Gasteiger partial charge in [-0.1, -0.05) is 0 Å². The van der Waals surface area contributed by atoms with Gasteiger partial charge in [0.1, 0.15) is 0 Å². The first-order valence-electron chi connectivity index (χ1n) is 5.22. The highest BCUT2D eigenvalue weighted by Gasteiger charge is 2.24. The summed E-state index contributed by atoms with van der Waals surface area (Å²) in [5, 5.41) is 8.26. The third-order valence-electron chi connectivity index (χ3n) is 1.09. The maximum Gasteiger partial charge on any atom is 0.206 e. The molecule has 0 N–H and O–H groups in total. The fourth-order valence-corrected chi connectivity index (χ4v) is 0.514. The molecule has 15 heavy (non-hydrogen) atoms. The summed E-state index contributed by atoms with van der Waals surface area (Å²) in [5.74, 6) is 0. The highest BCUT2D eigenvalue weighted by molar-refractivity contribution is 4.70. The molecular weight excluding hydrogens is 192 g/mol. The molecule has 0 spiro atoms. The van der Waals surface area contributed by atoms with Gasteiger partial charge in [0.2, 0.25) is 5.72 Å². The Morgan fingerprint density at radius 3 is 1.47 bits per heavy atom. The van der Waals surface area contributed by atoms with E-state index in [9.17, 15) is 0 Å². The molecule has 4 heteroatoms. The van der Waals surface area contributed by atoms with Crippen LogP contribution in [0.15, 0.2) is 10.2 Å². The lowest BCUT2D eigenvalue weighted by Crippen LogP contribution is -2.29. The molecule has 0 aliphatic heterocycles. The summed E-state index contributed by atoms with van der Waals surface area (Å²) >= 11 is 0. The molecular formula is C11H24N2O2. The van der Waals surface area contributed by atoms with Gasteiger partial charge in [0.15, 0.2) is 0 Å². The molecule has 0 heterocycles. The van der Waals surface area contributed by atoms with E-state index in [2.05, 4.69) is 10.2 Å². The molecule has 0 aliphatic carbocycles. The van der Waals surface area contributed by atoms with Crippen molar-refractivity contribution in [1.29, 1.82) is 0 Å². The van der Waals surface area contributed by atoms with Crippen molar-refractivity contribution in [3.63, 3.8) is 0 Å². The molecule has 0 aromatic heterocycles. The lowest BCUT2D eigenvalue weighted by molar-refractivity contribution is -0.396. The van der Waals surface area contributed by atoms with Gasteiger partial charge < -0.3 is 0 Å². The molecule has 0 aliphatic rings. The van der Waals surface area contributed by atoms with Gasteiger partial charge in [0.25, 0.3) is 0 Å². The minimum Gasteiger partial charge on any atom is -0.228 e. The highest BCUT2D eigenvalue weighted by atomic mass is 17.2. The van der Waals surface area contributed by atoms with Crippen LogP contribution in [0.25, 0.3) is 0 Å². The number of azo groups is 1. The maximum atomic E-state index is 5.23. The van der Waals surface area contributed by atoms with Crippen LogP contribution in [0.5, 0.6) is 0 Å². The quantitative estimate of drug-likeness (QED) is 0.410. The fourth-order valence-electron chi connectivity index (χ4n) is 0.514. The molecule has 90 valence electrons. The van der Waals surface area contributed by atoms with Gasteiger partial charge >= 0.3 is 0 Å². The van der Waals surface area contributed by atoms with Crippen LogP contribution < -0.4 is 0 Å². The Bertz CT molecular complexity index is 222. The van der Waals surface area contributed by atoms with Crippen LogP contribution >= 0.6 is 0 Å². The van der Waals surface area contributed by atoms with E-state index >= 15 is 0 Å². The highest BCUT2D eigenvalue weighted by Crippen LogP contribution is 2.19. The van der Waals surface area contributed by atoms with Crippen LogP contribution in [0.2, 0.25) is 0 Å². The molecule has 0 aromatic rings. The summed E-state index contributed by atoms with van der Waals surface area (Å²) in [6.07, 6.45) is 0. The second-order valence-electron chi connectivity index (χ2n) is 6.10. The fraction of sp³-hybridized carbons (Fsp3) is 1.00. The standard InChI is InChI=1S/C11H24N2O2/c1-9(2,3)12-13-11(7,8)15-14-10(4,5)6/h1-8H3/b13-12+. The van der Waals surface area contributed by atoms with Crippen LogP contribution in [-0.2, 0) is 9.78 Å². The Kier molecular flexibility index (Phi) is 4.43. The van der Waals surface area contributed by atoms with Gasteiger partial charge in [-0.25, -0.2) is 9.78 Å². The van der Waals surface area contributed by atoms with E-state index in [4.69, 9.17) is 9.78 Å². The zero-order valence-electron chi connectivity index (χ0n) is 11.2. The second-order valence-corrected chi connectivity index (χ2v) is 6.10.